The summed E-state index contributed by atoms with van der Waals surface area (Å²) in [7, 11) is 0. The van der Waals surface area contributed by atoms with E-state index in [9.17, 15) is 5.11 Å². The van der Waals surface area contributed by atoms with Crippen LogP contribution in [0.2, 0.25) is 0 Å². The Morgan fingerprint density at radius 2 is 2.00 bits per heavy atom. The van der Waals surface area contributed by atoms with Gasteiger partial charge in [0.2, 0.25) is 5.89 Å². The van der Waals surface area contributed by atoms with E-state index >= 15 is 0 Å². The van der Waals surface area contributed by atoms with Gasteiger partial charge in [-0.15, -0.1) is 24.0 Å². The fourth-order valence-electron chi connectivity index (χ4n) is 2.74. The average molecular weight is 545 g/mol. The van der Waals surface area contributed by atoms with E-state index in [0.717, 1.165) is 30.1 Å². The first-order valence-electron chi connectivity index (χ1n) is 10.7. The number of aliphatic hydroxyl groups is 1. The summed E-state index contributed by atoms with van der Waals surface area (Å²) >= 11 is 0. The van der Waals surface area contributed by atoms with Crippen molar-refractivity contribution < 1.29 is 14.4 Å². The zero-order valence-corrected chi connectivity index (χ0v) is 21.4. The number of aromatic nitrogens is 2. The van der Waals surface area contributed by atoms with E-state index in [4.69, 9.17) is 9.26 Å². The highest BCUT2D eigenvalue weighted by Crippen LogP contribution is 2.20. The highest BCUT2D eigenvalue weighted by molar-refractivity contribution is 14.0. The van der Waals surface area contributed by atoms with Crippen molar-refractivity contribution in [2.75, 3.05) is 19.6 Å². The van der Waals surface area contributed by atoms with Crippen molar-refractivity contribution in [3.8, 4) is 5.75 Å². The number of hydrogen-bond acceptors (Lipinski definition) is 6. The minimum atomic E-state index is -0.705. The molecule has 2 aromatic rings. The Balaban J connectivity index is 0.00000480. The Hall–Kier alpha value is -1.88. The molecule has 1 unspecified atom stereocenters. The lowest BCUT2D eigenvalue weighted by Gasteiger charge is -2.15. The molecule has 0 fully saturated rings. The number of nitrogens with one attached hydrogen (secondary N) is 2. The monoisotopic (exact) mass is 545 g/mol. The van der Waals surface area contributed by atoms with Gasteiger partial charge in [0.1, 0.15) is 5.75 Å². The maximum Gasteiger partial charge on any atom is 0.226 e. The topological polar surface area (TPSA) is 105 Å². The van der Waals surface area contributed by atoms with Crippen LogP contribution in [0.25, 0.3) is 0 Å². The quantitative estimate of drug-likeness (QED) is 0.171. The standard InChI is InChI=1S/C22H35N5O3.HI/c1-6-23-22(24-12-8-11-20-26-21(15(2)3)27-30-20)25-14-19(28)17-9-7-10-18(13-17)29-16(4)5;/h7,9-10,13,15-16,19,28H,6,8,11-12,14H2,1-5H3,(H2,23,24,25);1H. The van der Waals surface area contributed by atoms with Crippen molar-refractivity contribution in [3.05, 3.63) is 41.5 Å². The van der Waals surface area contributed by atoms with Crippen molar-refractivity contribution in [1.29, 1.82) is 0 Å². The molecule has 2 rings (SSSR count). The molecule has 0 spiro atoms. The lowest BCUT2D eigenvalue weighted by molar-refractivity contribution is 0.185. The first-order valence-corrected chi connectivity index (χ1v) is 10.7. The van der Waals surface area contributed by atoms with Crippen LogP contribution in [-0.4, -0.2) is 46.9 Å². The summed E-state index contributed by atoms with van der Waals surface area (Å²) < 4.78 is 11.0. The lowest BCUT2D eigenvalue weighted by Crippen LogP contribution is -2.38. The molecular formula is C22H36IN5O3. The fourth-order valence-corrected chi connectivity index (χ4v) is 2.74. The highest BCUT2D eigenvalue weighted by Gasteiger charge is 2.11. The number of aliphatic imine (C=N–C) groups is 1. The van der Waals surface area contributed by atoms with Crippen molar-refractivity contribution in [2.24, 2.45) is 4.99 Å². The minimum Gasteiger partial charge on any atom is -0.491 e. The molecule has 8 nitrogen and oxygen atoms in total. The van der Waals surface area contributed by atoms with E-state index in [2.05, 4.69) is 25.8 Å². The second-order valence-electron chi connectivity index (χ2n) is 7.71. The maximum atomic E-state index is 10.5. The molecule has 0 aliphatic rings. The van der Waals surface area contributed by atoms with Crippen molar-refractivity contribution in [3.63, 3.8) is 0 Å². The molecule has 31 heavy (non-hydrogen) atoms. The SMILES string of the molecule is CCNC(=NCC(O)c1cccc(OC(C)C)c1)NCCCc1nc(C(C)C)no1.I. The second-order valence-corrected chi connectivity index (χ2v) is 7.71. The number of nitrogens with zero attached hydrogens (tertiary/aromatic N) is 3. The van der Waals surface area contributed by atoms with Crippen LogP contribution in [0.3, 0.4) is 0 Å². The third-order valence-electron chi connectivity index (χ3n) is 4.24. The Labute approximate surface area is 202 Å². The van der Waals surface area contributed by atoms with E-state index < -0.39 is 6.10 Å². The van der Waals surface area contributed by atoms with Crippen LogP contribution in [0.5, 0.6) is 5.75 Å². The first kappa shape index (κ1) is 27.2. The average Bonchev–Trinajstić information content (AvgIpc) is 3.18. The minimum absolute atomic E-state index is 0. The van der Waals surface area contributed by atoms with Gasteiger partial charge in [-0.1, -0.05) is 31.1 Å². The molecule has 1 atom stereocenters. The molecular weight excluding hydrogens is 509 g/mol. The van der Waals surface area contributed by atoms with Gasteiger partial charge in [-0.3, -0.25) is 4.99 Å². The van der Waals surface area contributed by atoms with E-state index in [0.29, 0.717) is 24.8 Å². The van der Waals surface area contributed by atoms with E-state index in [1.165, 1.54) is 0 Å². The van der Waals surface area contributed by atoms with Crippen LogP contribution in [-0.2, 0) is 6.42 Å². The molecule has 174 valence electrons. The number of guanidine groups is 1. The summed E-state index contributed by atoms with van der Waals surface area (Å²) in [4.78, 5) is 8.89. The summed E-state index contributed by atoms with van der Waals surface area (Å²) in [5.41, 5.74) is 0.782. The molecule has 0 saturated carbocycles. The van der Waals surface area contributed by atoms with Crippen LogP contribution in [0.1, 0.15) is 70.3 Å². The molecule has 0 bridgehead atoms. The van der Waals surface area contributed by atoms with Gasteiger partial charge in [0, 0.05) is 25.4 Å². The predicted octanol–water partition coefficient (Wildman–Crippen LogP) is 3.82. The van der Waals surface area contributed by atoms with Crippen molar-refractivity contribution in [1.82, 2.24) is 20.8 Å². The summed E-state index contributed by atoms with van der Waals surface area (Å²) in [6, 6.07) is 7.50. The maximum absolute atomic E-state index is 10.5. The molecule has 0 amide bonds. The van der Waals surface area contributed by atoms with Crippen LogP contribution in [0, 0.1) is 0 Å². The molecule has 1 aromatic carbocycles. The fraction of sp³-hybridized carbons (Fsp3) is 0.591. The molecule has 1 aromatic heterocycles. The third-order valence-corrected chi connectivity index (χ3v) is 4.24. The van der Waals surface area contributed by atoms with Gasteiger partial charge in [-0.05, 0) is 44.9 Å². The first-order chi connectivity index (χ1) is 14.4. The summed E-state index contributed by atoms with van der Waals surface area (Å²) in [6.07, 6.45) is 0.923. The molecule has 0 radical (unpaired) electrons. The Morgan fingerprint density at radius 1 is 1.23 bits per heavy atom. The Kier molecular flexibility index (Phi) is 12.5. The highest BCUT2D eigenvalue weighted by atomic mass is 127. The summed E-state index contributed by atoms with van der Waals surface area (Å²) in [5.74, 6) is 3.07. The van der Waals surface area contributed by atoms with Gasteiger partial charge >= 0.3 is 0 Å². The molecule has 0 saturated heterocycles. The molecule has 1 heterocycles. The van der Waals surface area contributed by atoms with Crippen LogP contribution in [0.15, 0.2) is 33.8 Å². The normalized spacial score (nSPS) is 12.6. The van der Waals surface area contributed by atoms with Crippen molar-refractivity contribution in [2.45, 2.75) is 65.6 Å². The second kappa shape index (κ2) is 14.2. The number of aliphatic hydroxyl groups excluding tert-OH is 1. The third kappa shape index (κ3) is 9.86. The lowest BCUT2D eigenvalue weighted by atomic mass is 10.1. The summed E-state index contributed by atoms with van der Waals surface area (Å²) in [5, 5.41) is 21.0. The summed E-state index contributed by atoms with van der Waals surface area (Å²) in [6.45, 7) is 11.7. The molecule has 3 N–H and O–H groups in total. The number of benzene rings is 1. The van der Waals surface area contributed by atoms with Crippen LogP contribution >= 0.6 is 24.0 Å². The van der Waals surface area contributed by atoms with Gasteiger partial charge in [0.25, 0.3) is 0 Å². The van der Waals surface area contributed by atoms with Gasteiger partial charge in [-0.2, -0.15) is 4.98 Å². The number of aryl methyl sites for hydroxylation is 1. The molecule has 0 aliphatic heterocycles. The van der Waals surface area contributed by atoms with Gasteiger partial charge in [0.15, 0.2) is 11.8 Å². The zero-order chi connectivity index (χ0) is 21.9. The number of hydrogen-bond donors (Lipinski definition) is 3. The largest absolute Gasteiger partial charge is 0.491 e. The van der Waals surface area contributed by atoms with E-state index in [-0.39, 0.29) is 42.5 Å². The van der Waals surface area contributed by atoms with Gasteiger partial charge < -0.3 is 25.0 Å². The Bertz CT molecular complexity index is 795. The number of halogens is 1. The van der Waals surface area contributed by atoms with Crippen LogP contribution < -0.4 is 15.4 Å². The Morgan fingerprint density at radius 3 is 2.65 bits per heavy atom. The number of rotatable bonds is 11. The van der Waals surface area contributed by atoms with Crippen LogP contribution in [0.4, 0.5) is 0 Å². The van der Waals surface area contributed by atoms with Gasteiger partial charge in [0.05, 0.1) is 18.8 Å². The van der Waals surface area contributed by atoms with Crippen molar-refractivity contribution >= 4 is 29.9 Å². The zero-order valence-electron chi connectivity index (χ0n) is 19.1. The molecule has 0 aliphatic carbocycles. The van der Waals surface area contributed by atoms with E-state index in [1.54, 1.807) is 0 Å². The smallest absolute Gasteiger partial charge is 0.226 e. The number of ether oxygens (including phenoxy) is 1. The predicted molar refractivity (Wildman–Crippen MR) is 133 cm³/mol. The van der Waals surface area contributed by atoms with Gasteiger partial charge in [-0.25, -0.2) is 0 Å². The molecule has 9 heteroatoms. The van der Waals surface area contributed by atoms with E-state index in [1.807, 2.05) is 58.9 Å².